The van der Waals surface area contributed by atoms with Crippen molar-refractivity contribution in [1.29, 1.82) is 0 Å². The molecule has 0 aromatic heterocycles. The minimum Gasteiger partial charge on any atom is -0.370 e. The zero-order chi connectivity index (χ0) is 12.5. The van der Waals surface area contributed by atoms with Crippen LogP contribution in [0.1, 0.15) is 39.5 Å². The molecule has 0 bridgehead atoms. The maximum absolute atomic E-state index is 5.91. The van der Waals surface area contributed by atoms with Gasteiger partial charge in [0.25, 0.3) is 0 Å². The monoisotopic (exact) mass is 368 g/mol. The van der Waals surface area contributed by atoms with E-state index in [0.29, 0.717) is 5.96 Å². The molecule has 1 heterocycles. The van der Waals surface area contributed by atoms with Gasteiger partial charge >= 0.3 is 0 Å². The van der Waals surface area contributed by atoms with Crippen molar-refractivity contribution in [3.8, 4) is 0 Å². The molecule has 0 radical (unpaired) electrons. The van der Waals surface area contributed by atoms with Crippen LogP contribution in [0.2, 0.25) is 0 Å². The van der Waals surface area contributed by atoms with E-state index in [4.69, 9.17) is 5.73 Å². The summed E-state index contributed by atoms with van der Waals surface area (Å²) >= 11 is 0. The summed E-state index contributed by atoms with van der Waals surface area (Å²) in [6.45, 7) is 10.8. The molecule has 5 heteroatoms. The summed E-state index contributed by atoms with van der Waals surface area (Å²) < 4.78 is 0. The van der Waals surface area contributed by atoms with E-state index < -0.39 is 0 Å². The summed E-state index contributed by atoms with van der Waals surface area (Å²) in [5.41, 5.74) is 5.91. The maximum Gasteiger partial charge on any atom is 0.191 e. The second kappa shape index (κ2) is 10.8. The number of nitrogens with zero attached hydrogens (tertiary/aromatic N) is 3. The van der Waals surface area contributed by atoms with Crippen molar-refractivity contribution in [1.82, 2.24) is 9.80 Å². The van der Waals surface area contributed by atoms with Gasteiger partial charge in [0.05, 0.1) is 0 Å². The van der Waals surface area contributed by atoms with E-state index in [-0.39, 0.29) is 24.0 Å². The molecule has 0 aromatic carbocycles. The molecular weight excluding hydrogens is 339 g/mol. The highest BCUT2D eigenvalue weighted by Gasteiger charge is 2.09. The fourth-order valence-electron chi connectivity index (χ4n) is 2.29. The second-order valence-corrected chi connectivity index (χ2v) is 4.67. The van der Waals surface area contributed by atoms with Gasteiger partial charge in [-0.15, -0.1) is 24.0 Å². The molecule has 0 aromatic rings. The van der Waals surface area contributed by atoms with Crippen LogP contribution in [0.15, 0.2) is 4.99 Å². The predicted octanol–water partition coefficient (Wildman–Crippen LogP) is 2.14. The van der Waals surface area contributed by atoms with E-state index in [1.165, 1.54) is 38.9 Å². The standard InChI is InChI=1S/C13H28N4.HI/c1-3-17(4-2)13(14)15-9-5-6-10-16-11-7-8-12-16;/h3-12H2,1-2H3,(H2,14,15);1H. The molecule has 18 heavy (non-hydrogen) atoms. The molecule has 0 aliphatic carbocycles. The lowest BCUT2D eigenvalue weighted by molar-refractivity contribution is 0.331. The molecule has 0 amide bonds. The number of halogens is 1. The van der Waals surface area contributed by atoms with E-state index in [9.17, 15) is 0 Å². The predicted molar refractivity (Wildman–Crippen MR) is 89.7 cm³/mol. The van der Waals surface area contributed by atoms with Gasteiger partial charge in [-0.25, -0.2) is 0 Å². The number of nitrogens with two attached hydrogens (primary N) is 1. The van der Waals surface area contributed by atoms with Crippen molar-refractivity contribution in [3.05, 3.63) is 0 Å². The SMILES string of the molecule is CCN(CC)C(N)=NCCCCN1CCCC1.I. The van der Waals surface area contributed by atoms with E-state index in [2.05, 4.69) is 28.6 Å². The Hall–Kier alpha value is -0.0400. The highest BCUT2D eigenvalue weighted by atomic mass is 127. The zero-order valence-electron chi connectivity index (χ0n) is 11.9. The molecule has 2 N–H and O–H groups in total. The largest absolute Gasteiger partial charge is 0.370 e. The Morgan fingerprint density at radius 1 is 1.17 bits per heavy atom. The van der Waals surface area contributed by atoms with Crippen LogP contribution in [0.4, 0.5) is 0 Å². The van der Waals surface area contributed by atoms with Crippen LogP contribution >= 0.6 is 24.0 Å². The molecule has 1 aliphatic heterocycles. The third-order valence-corrected chi connectivity index (χ3v) is 3.44. The van der Waals surface area contributed by atoms with Crippen molar-refractivity contribution < 1.29 is 0 Å². The highest BCUT2D eigenvalue weighted by Crippen LogP contribution is 2.08. The third kappa shape index (κ3) is 6.78. The van der Waals surface area contributed by atoms with Crippen LogP contribution in [0.5, 0.6) is 0 Å². The molecule has 0 atom stereocenters. The zero-order valence-corrected chi connectivity index (χ0v) is 14.2. The van der Waals surface area contributed by atoms with E-state index in [1.807, 2.05) is 0 Å². The van der Waals surface area contributed by atoms with Gasteiger partial charge in [0.15, 0.2) is 5.96 Å². The van der Waals surface area contributed by atoms with E-state index in [0.717, 1.165) is 26.1 Å². The number of hydrogen-bond donors (Lipinski definition) is 1. The van der Waals surface area contributed by atoms with E-state index >= 15 is 0 Å². The molecule has 1 fully saturated rings. The Balaban J connectivity index is 0.00000289. The average Bonchev–Trinajstić information content (AvgIpc) is 2.83. The first kappa shape index (κ1) is 18.0. The minimum absolute atomic E-state index is 0. The van der Waals surface area contributed by atoms with Crippen LogP contribution in [0.3, 0.4) is 0 Å². The summed E-state index contributed by atoms with van der Waals surface area (Å²) in [6, 6.07) is 0. The van der Waals surface area contributed by atoms with Crippen LogP contribution in [0, 0.1) is 0 Å². The Bertz CT molecular complexity index is 223. The van der Waals surface area contributed by atoms with Gasteiger partial charge in [-0.3, -0.25) is 4.99 Å². The number of rotatable bonds is 7. The minimum atomic E-state index is 0. The Morgan fingerprint density at radius 3 is 2.33 bits per heavy atom. The fourth-order valence-corrected chi connectivity index (χ4v) is 2.29. The quantitative estimate of drug-likeness (QED) is 0.324. The first-order chi connectivity index (χ1) is 8.27. The molecule has 1 saturated heterocycles. The van der Waals surface area contributed by atoms with Crippen molar-refractivity contribution >= 4 is 29.9 Å². The van der Waals surface area contributed by atoms with Crippen LogP contribution in [-0.2, 0) is 0 Å². The normalized spacial score (nSPS) is 16.7. The van der Waals surface area contributed by atoms with Crippen molar-refractivity contribution in [2.75, 3.05) is 39.3 Å². The van der Waals surface area contributed by atoms with Gasteiger partial charge < -0.3 is 15.5 Å². The summed E-state index contributed by atoms with van der Waals surface area (Å²) in [5, 5.41) is 0. The fraction of sp³-hybridized carbons (Fsp3) is 0.923. The summed E-state index contributed by atoms with van der Waals surface area (Å²) in [6.07, 6.45) is 5.16. The van der Waals surface area contributed by atoms with Crippen LogP contribution < -0.4 is 5.73 Å². The molecule has 4 nitrogen and oxygen atoms in total. The molecule has 1 aliphatic rings. The van der Waals surface area contributed by atoms with Crippen molar-refractivity contribution in [2.24, 2.45) is 10.7 Å². The Morgan fingerprint density at radius 2 is 1.78 bits per heavy atom. The lowest BCUT2D eigenvalue weighted by Gasteiger charge is -2.19. The Labute approximate surface area is 129 Å². The first-order valence-corrected chi connectivity index (χ1v) is 7.05. The topological polar surface area (TPSA) is 44.9 Å². The van der Waals surface area contributed by atoms with Gasteiger partial charge in [-0.05, 0) is 59.2 Å². The van der Waals surface area contributed by atoms with Crippen molar-refractivity contribution in [3.63, 3.8) is 0 Å². The summed E-state index contributed by atoms with van der Waals surface area (Å²) in [7, 11) is 0. The van der Waals surface area contributed by atoms with Gasteiger partial charge in [0.1, 0.15) is 0 Å². The lowest BCUT2D eigenvalue weighted by atomic mass is 10.3. The smallest absolute Gasteiger partial charge is 0.191 e. The molecule has 0 unspecified atom stereocenters. The second-order valence-electron chi connectivity index (χ2n) is 4.67. The number of guanidine groups is 1. The number of aliphatic imine (C=N–C) groups is 1. The average molecular weight is 368 g/mol. The molecule has 1 rings (SSSR count). The lowest BCUT2D eigenvalue weighted by Crippen LogP contribution is -2.37. The third-order valence-electron chi connectivity index (χ3n) is 3.44. The number of unbranched alkanes of at least 4 members (excludes halogenated alkanes) is 1. The Kier molecular flexibility index (Phi) is 10.8. The number of likely N-dealkylation sites (tertiary alicyclic amines) is 1. The number of hydrogen-bond acceptors (Lipinski definition) is 2. The van der Waals surface area contributed by atoms with Crippen molar-refractivity contribution in [2.45, 2.75) is 39.5 Å². The molecule has 0 spiro atoms. The van der Waals surface area contributed by atoms with Crippen LogP contribution in [0.25, 0.3) is 0 Å². The van der Waals surface area contributed by atoms with Gasteiger partial charge in [-0.1, -0.05) is 0 Å². The molecule has 108 valence electrons. The highest BCUT2D eigenvalue weighted by molar-refractivity contribution is 14.0. The first-order valence-electron chi connectivity index (χ1n) is 7.05. The maximum atomic E-state index is 5.91. The summed E-state index contributed by atoms with van der Waals surface area (Å²) in [4.78, 5) is 9.08. The summed E-state index contributed by atoms with van der Waals surface area (Å²) in [5.74, 6) is 0.705. The van der Waals surface area contributed by atoms with Gasteiger partial charge in [-0.2, -0.15) is 0 Å². The molecule has 0 saturated carbocycles. The van der Waals surface area contributed by atoms with Gasteiger partial charge in [0, 0.05) is 19.6 Å². The molecular formula is C13H29IN4. The van der Waals surface area contributed by atoms with E-state index in [1.54, 1.807) is 0 Å². The van der Waals surface area contributed by atoms with Crippen LogP contribution in [-0.4, -0.2) is 55.0 Å². The van der Waals surface area contributed by atoms with Gasteiger partial charge in [0.2, 0.25) is 0 Å².